The van der Waals surface area contributed by atoms with Crippen molar-refractivity contribution in [2.45, 2.75) is 24.8 Å². The van der Waals surface area contributed by atoms with Gasteiger partial charge in [0.25, 0.3) is 15.9 Å². The van der Waals surface area contributed by atoms with Crippen molar-refractivity contribution < 1.29 is 27.4 Å². The van der Waals surface area contributed by atoms with Crippen LogP contribution in [0.1, 0.15) is 24.2 Å². The summed E-state index contributed by atoms with van der Waals surface area (Å²) in [6.45, 7) is 3.72. The molecule has 0 atom stereocenters. The van der Waals surface area contributed by atoms with Crippen LogP contribution >= 0.6 is 28.1 Å². The van der Waals surface area contributed by atoms with E-state index in [2.05, 4.69) is 41.3 Å². The fourth-order valence-corrected chi connectivity index (χ4v) is 4.50. The number of methoxy groups -OCH3 is 2. The van der Waals surface area contributed by atoms with Crippen LogP contribution in [0.15, 0.2) is 57.9 Å². The lowest BCUT2D eigenvalue weighted by atomic mass is 10.2. The summed E-state index contributed by atoms with van der Waals surface area (Å²) in [4.78, 5) is 20.6. The van der Waals surface area contributed by atoms with Gasteiger partial charge in [-0.15, -0.1) is 0 Å². The molecule has 1 heterocycles. The number of nitrogens with zero attached hydrogens (tertiary/aromatic N) is 2. The Labute approximate surface area is 228 Å². The smallest absolute Gasteiger partial charge is 0.321 e. The van der Waals surface area contributed by atoms with Crippen molar-refractivity contribution in [2.75, 3.05) is 24.3 Å². The first-order chi connectivity index (χ1) is 17.5. The standard InChI is InChI=1S/C23H24BrN5O6S2/c1-13(2)35-18-10-5-14(24)11-17(18)21(30)28-23(36)25-15-6-8-16(9-7-15)37(31,32)29-19-12-20(33-3)27-22(26-19)34-4/h5-13H,1-4H3,(H,26,27,29)(H2,25,28,30,36). The summed E-state index contributed by atoms with van der Waals surface area (Å²) in [7, 11) is -1.25. The van der Waals surface area contributed by atoms with Crippen molar-refractivity contribution in [3.05, 3.63) is 58.6 Å². The zero-order valence-corrected chi connectivity index (χ0v) is 23.5. The molecule has 0 aliphatic carbocycles. The third-order valence-corrected chi connectivity index (χ3v) is 6.58. The largest absolute Gasteiger partial charge is 0.490 e. The van der Waals surface area contributed by atoms with E-state index < -0.39 is 15.9 Å². The highest BCUT2D eigenvalue weighted by Gasteiger charge is 2.18. The zero-order valence-electron chi connectivity index (χ0n) is 20.2. The Morgan fingerprint density at radius 3 is 2.35 bits per heavy atom. The second-order valence-corrected chi connectivity index (χ2v) is 10.6. The molecule has 0 aliphatic heterocycles. The second-order valence-electron chi connectivity index (χ2n) is 7.63. The van der Waals surface area contributed by atoms with Gasteiger partial charge in [-0.1, -0.05) is 15.9 Å². The van der Waals surface area contributed by atoms with Gasteiger partial charge in [-0.3, -0.25) is 14.8 Å². The molecule has 2 aromatic carbocycles. The van der Waals surface area contributed by atoms with E-state index in [1.165, 1.54) is 44.6 Å². The Hall–Kier alpha value is -3.49. The average molecular weight is 611 g/mol. The van der Waals surface area contributed by atoms with Gasteiger partial charge in [-0.25, -0.2) is 8.42 Å². The maximum Gasteiger partial charge on any atom is 0.321 e. The number of ether oxygens (including phenoxy) is 3. The van der Waals surface area contributed by atoms with E-state index in [9.17, 15) is 13.2 Å². The molecule has 37 heavy (non-hydrogen) atoms. The van der Waals surface area contributed by atoms with Crippen molar-refractivity contribution in [3.63, 3.8) is 0 Å². The van der Waals surface area contributed by atoms with E-state index in [1.807, 2.05) is 13.8 Å². The zero-order chi connectivity index (χ0) is 27.2. The van der Waals surface area contributed by atoms with E-state index in [1.54, 1.807) is 18.2 Å². The topological polar surface area (TPSA) is 141 Å². The van der Waals surface area contributed by atoms with Gasteiger partial charge in [0, 0.05) is 16.2 Å². The molecular weight excluding hydrogens is 586 g/mol. The number of benzene rings is 2. The number of rotatable bonds is 9. The Morgan fingerprint density at radius 2 is 1.73 bits per heavy atom. The SMILES string of the molecule is COc1cc(NS(=O)(=O)c2ccc(NC(=S)NC(=O)c3cc(Br)ccc3OC(C)C)cc2)nc(OC)n1. The summed E-state index contributed by atoms with van der Waals surface area (Å²) in [5, 5.41) is 5.47. The van der Waals surface area contributed by atoms with Gasteiger partial charge in [-0.05, 0) is 68.5 Å². The van der Waals surface area contributed by atoms with Gasteiger partial charge in [0.15, 0.2) is 10.9 Å². The van der Waals surface area contributed by atoms with E-state index in [0.717, 1.165) is 0 Å². The fourth-order valence-electron chi connectivity index (χ4n) is 2.94. The number of carbonyl (C=O) groups excluding carboxylic acids is 1. The van der Waals surface area contributed by atoms with Gasteiger partial charge in [0.1, 0.15) is 5.75 Å². The monoisotopic (exact) mass is 609 g/mol. The number of halogens is 1. The molecule has 11 nitrogen and oxygen atoms in total. The molecule has 3 N–H and O–H groups in total. The molecule has 0 fully saturated rings. The van der Waals surface area contributed by atoms with Crippen LogP contribution in [0.5, 0.6) is 17.6 Å². The van der Waals surface area contributed by atoms with E-state index in [0.29, 0.717) is 21.5 Å². The number of anilines is 2. The van der Waals surface area contributed by atoms with Crippen LogP contribution in [0, 0.1) is 0 Å². The molecule has 1 amide bonds. The highest BCUT2D eigenvalue weighted by molar-refractivity contribution is 9.10. The Kier molecular flexibility index (Phi) is 9.23. The number of hydrogen-bond donors (Lipinski definition) is 3. The van der Waals surface area contributed by atoms with Gasteiger partial charge in [0.2, 0.25) is 5.88 Å². The summed E-state index contributed by atoms with van der Waals surface area (Å²) in [6, 6.07) is 12.1. The number of hydrogen-bond acceptors (Lipinski definition) is 9. The third kappa shape index (κ3) is 7.74. The maximum atomic E-state index is 12.8. The lowest BCUT2D eigenvalue weighted by Crippen LogP contribution is -2.34. The molecule has 0 unspecified atom stereocenters. The van der Waals surface area contributed by atoms with Crippen LogP contribution in [0.4, 0.5) is 11.5 Å². The average Bonchev–Trinajstić information content (AvgIpc) is 2.84. The van der Waals surface area contributed by atoms with E-state index >= 15 is 0 Å². The van der Waals surface area contributed by atoms with Crippen molar-refractivity contribution in [3.8, 4) is 17.6 Å². The molecule has 3 rings (SSSR count). The molecule has 0 spiro atoms. The lowest BCUT2D eigenvalue weighted by molar-refractivity contribution is 0.0972. The molecule has 3 aromatic rings. The number of aromatic nitrogens is 2. The molecule has 0 saturated heterocycles. The number of sulfonamides is 1. The van der Waals surface area contributed by atoms with Crippen LogP contribution in [-0.2, 0) is 10.0 Å². The summed E-state index contributed by atoms with van der Waals surface area (Å²) < 4.78 is 44.4. The normalized spacial score (nSPS) is 11.0. The molecule has 1 aromatic heterocycles. The number of amides is 1. The summed E-state index contributed by atoms with van der Waals surface area (Å²) in [6.07, 6.45) is -0.125. The van der Waals surface area contributed by atoms with Gasteiger partial charge >= 0.3 is 6.01 Å². The third-order valence-electron chi connectivity index (χ3n) is 4.51. The fraction of sp³-hybridized carbons (Fsp3) is 0.217. The van der Waals surface area contributed by atoms with E-state index in [-0.39, 0.29) is 33.8 Å². The number of nitrogens with one attached hydrogen (secondary N) is 3. The van der Waals surface area contributed by atoms with E-state index in [4.69, 9.17) is 26.4 Å². The summed E-state index contributed by atoms with van der Waals surface area (Å²) in [5.74, 6) is 0.0570. The minimum Gasteiger partial charge on any atom is -0.490 e. The first-order valence-electron chi connectivity index (χ1n) is 10.7. The van der Waals surface area contributed by atoms with Crippen LogP contribution in [0.2, 0.25) is 0 Å². The van der Waals surface area contributed by atoms with Gasteiger partial charge in [0.05, 0.1) is 30.8 Å². The molecular formula is C23H24BrN5O6S2. The predicted molar refractivity (Wildman–Crippen MR) is 146 cm³/mol. The van der Waals surface area contributed by atoms with Gasteiger partial charge < -0.3 is 19.5 Å². The van der Waals surface area contributed by atoms with Gasteiger partial charge in [-0.2, -0.15) is 9.97 Å². The maximum absolute atomic E-state index is 12.8. The Morgan fingerprint density at radius 1 is 1.03 bits per heavy atom. The van der Waals surface area contributed by atoms with Crippen molar-refractivity contribution in [1.82, 2.24) is 15.3 Å². The van der Waals surface area contributed by atoms with Crippen LogP contribution in [0.3, 0.4) is 0 Å². The van der Waals surface area contributed by atoms with Crippen molar-refractivity contribution in [1.29, 1.82) is 0 Å². The number of carbonyl (C=O) groups is 1. The Bertz CT molecular complexity index is 1380. The first kappa shape index (κ1) is 28.1. The quantitative estimate of drug-likeness (QED) is 0.305. The summed E-state index contributed by atoms with van der Waals surface area (Å²) >= 11 is 8.60. The molecule has 0 saturated carbocycles. The van der Waals surface area contributed by atoms with Crippen LogP contribution in [0.25, 0.3) is 0 Å². The minimum atomic E-state index is -3.98. The molecule has 0 aliphatic rings. The summed E-state index contributed by atoms with van der Waals surface area (Å²) in [5.41, 5.74) is 0.764. The highest BCUT2D eigenvalue weighted by Crippen LogP contribution is 2.25. The molecule has 14 heteroatoms. The number of thiocarbonyl (C=S) groups is 1. The van der Waals surface area contributed by atoms with Crippen LogP contribution < -0.4 is 29.6 Å². The lowest BCUT2D eigenvalue weighted by Gasteiger charge is -2.15. The van der Waals surface area contributed by atoms with Crippen LogP contribution in [-0.4, -0.2) is 49.7 Å². The van der Waals surface area contributed by atoms with Crippen molar-refractivity contribution >= 4 is 60.7 Å². The molecule has 0 radical (unpaired) electrons. The second kappa shape index (κ2) is 12.2. The Balaban J connectivity index is 1.68. The highest BCUT2D eigenvalue weighted by atomic mass is 79.9. The molecule has 0 bridgehead atoms. The first-order valence-corrected chi connectivity index (χ1v) is 13.4. The van der Waals surface area contributed by atoms with Crippen molar-refractivity contribution in [2.24, 2.45) is 0 Å². The minimum absolute atomic E-state index is 0.0226. The predicted octanol–water partition coefficient (Wildman–Crippen LogP) is 3.97. The molecule has 196 valence electrons.